The lowest BCUT2D eigenvalue weighted by Crippen LogP contribution is -2.60. The van der Waals surface area contributed by atoms with Crippen LogP contribution in [0, 0.1) is 5.82 Å². The van der Waals surface area contributed by atoms with E-state index in [1.807, 2.05) is 0 Å². The molecular formula is C48H64ClFO20. The Morgan fingerprint density at radius 2 is 0.814 bits per heavy atom. The molecule has 4 aliphatic rings. The zero-order valence-corrected chi connectivity index (χ0v) is 38.5. The average molecular weight is 1020 g/mol. The Balaban J connectivity index is 1.00. The second-order valence-electron chi connectivity index (χ2n) is 17.8. The number of hydrogen-bond donors (Lipinski definition) is 14. The Labute approximate surface area is 407 Å². The summed E-state index contributed by atoms with van der Waals surface area (Å²) in [6.45, 7) is -2.27. The second kappa shape index (κ2) is 26.2. The number of rotatable bonds is 19. The fourth-order valence-corrected chi connectivity index (χ4v) is 8.92. The highest BCUT2D eigenvalue weighted by atomic mass is 35.5. The molecule has 20 atom stereocenters. The molecule has 0 bridgehead atoms. The molecule has 20 nitrogen and oxygen atoms in total. The summed E-state index contributed by atoms with van der Waals surface area (Å²) in [5, 5.41) is 143. The first kappa shape index (κ1) is 56.1. The third-order valence-electron chi connectivity index (χ3n) is 12.9. The summed E-state index contributed by atoms with van der Waals surface area (Å²) in [6, 6.07) is 9.50. The number of benzene rings is 2. The largest absolute Gasteiger partial charge is 0.394 e. The van der Waals surface area contributed by atoms with Crippen molar-refractivity contribution in [1.82, 2.24) is 0 Å². The zero-order valence-electron chi connectivity index (χ0n) is 37.8. The van der Waals surface area contributed by atoms with E-state index in [0.717, 1.165) is 0 Å². The van der Waals surface area contributed by atoms with E-state index in [1.165, 1.54) is 24.3 Å². The Hall–Kier alpha value is -3.18. The predicted molar refractivity (Wildman–Crippen MR) is 245 cm³/mol. The van der Waals surface area contributed by atoms with Gasteiger partial charge in [0, 0.05) is 10.6 Å². The van der Waals surface area contributed by atoms with Crippen LogP contribution < -0.4 is 0 Å². The lowest BCUT2D eigenvalue weighted by molar-refractivity contribution is -0.390. The molecular weight excluding hydrogens is 951 g/mol. The van der Waals surface area contributed by atoms with Crippen LogP contribution in [0.4, 0.5) is 4.39 Å². The van der Waals surface area contributed by atoms with Crippen molar-refractivity contribution in [3.05, 3.63) is 93.8 Å². The maximum Gasteiger partial charge on any atom is 0.148 e. The molecule has 0 aliphatic carbocycles. The molecule has 70 heavy (non-hydrogen) atoms. The molecule has 2 aromatic carbocycles. The number of ether oxygens (including phenoxy) is 4. The van der Waals surface area contributed by atoms with Gasteiger partial charge in [-0.1, -0.05) is 84.5 Å². The molecule has 0 amide bonds. The summed E-state index contributed by atoms with van der Waals surface area (Å²) in [5.41, 5.74) is 1.91. The normalized spacial score (nSPS) is 38.7. The van der Waals surface area contributed by atoms with E-state index >= 15 is 4.39 Å². The van der Waals surface area contributed by atoms with E-state index in [0.29, 0.717) is 21.7 Å². The van der Waals surface area contributed by atoms with E-state index in [1.54, 1.807) is 60.7 Å². The van der Waals surface area contributed by atoms with Crippen molar-refractivity contribution in [3.63, 3.8) is 0 Å². The van der Waals surface area contributed by atoms with Crippen LogP contribution in [0.1, 0.15) is 47.9 Å². The summed E-state index contributed by atoms with van der Waals surface area (Å²) < 4.78 is 37.8. The molecule has 0 aromatic heterocycles. The smallest absolute Gasteiger partial charge is 0.148 e. The number of hydrogen-bond acceptors (Lipinski definition) is 20. The van der Waals surface area contributed by atoms with Gasteiger partial charge in [0.05, 0.1) is 44.2 Å². The molecule has 0 spiro atoms. The molecule has 0 radical (unpaired) electrons. The van der Waals surface area contributed by atoms with Crippen molar-refractivity contribution >= 4 is 35.9 Å². The molecule has 4 saturated heterocycles. The molecule has 2 aromatic rings. The molecule has 4 fully saturated rings. The maximum atomic E-state index is 15.1. The summed E-state index contributed by atoms with van der Waals surface area (Å²) in [4.78, 5) is 10.9. The van der Waals surface area contributed by atoms with E-state index in [9.17, 15) is 71.5 Å². The summed E-state index contributed by atoms with van der Waals surface area (Å²) in [7, 11) is 0. The van der Waals surface area contributed by atoms with Crippen LogP contribution in [0.2, 0.25) is 5.02 Å². The van der Waals surface area contributed by atoms with Gasteiger partial charge in [0.2, 0.25) is 0 Å². The van der Waals surface area contributed by atoms with Crippen LogP contribution in [-0.4, -0.2) is 220 Å². The number of halogens is 2. The lowest BCUT2D eigenvalue weighted by atomic mass is 9.93. The van der Waals surface area contributed by atoms with Crippen molar-refractivity contribution in [2.45, 2.75) is 148 Å². The van der Waals surface area contributed by atoms with Gasteiger partial charge in [-0.05, 0) is 54.5 Å². The van der Waals surface area contributed by atoms with E-state index < -0.39 is 154 Å². The first-order chi connectivity index (χ1) is 33.5. The fourth-order valence-electron chi connectivity index (χ4n) is 8.67. The van der Waals surface area contributed by atoms with Crippen LogP contribution >= 0.6 is 11.6 Å². The highest BCUT2D eigenvalue weighted by molar-refractivity contribution is 6.32. The minimum Gasteiger partial charge on any atom is -0.394 e. The topological polar surface area (TPSA) is 339 Å². The Bertz CT molecular complexity index is 2080. The molecule has 14 N–H and O–H groups in total. The zero-order chi connectivity index (χ0) is 50.8. The quantitative estimate of drug-likeness (QED) is 0.0541. The minimum absolute atomic E-state index is 0.00866. The summed E-state index contributed by atoms with van der Waals surface area (Å²) in [5.74, 6) is -0.602. The molecule has 390 valence electrons. The predicted octanol–water partition coefficient (Wildman–Crippen LogP) is -1.87. The Morgan fingerprint density at radius 3 is 1.29 bits per heavy atom. The van der Waals surface area contributed by atoms with Crippen LogP contribution in [0.3, 0.4) is 0 Å². The molecule has 0 saturated carbocycles. The van der Waals surface area contributed by atoms with Crippen LogP contribution in [0.5, 0.6) is 0 Å². The van der Waals surface area contributed by atoms with Gasteiger partial charge in [-0.2, -0.15) is 0 Å². The second-order valence-corrected chi connectivity index (χ2v) is 18.2. The third kappa shape index (κ3) is 13.7. The van der Waals surface area contributed by atoms with Gasteiger partial charge in [-0.25, -0.2) is 14.2 Å². The van der Waals surface area contributed by atoms with Crippen molar-refractivity contribution < 1.29 is 105 Å². The van der Waals surface area contributed by atoms with Gasteiger partial charge in [-0.15, -0.1) is 0 Å². The van der Waals surface area contributed by atoms with Gasteiger partial charge in [0.1, 0.15) is 110 Å². The lowest BCUT2D eigenvalue weighted by Gasteiger charge is -2.42. The number of aliphatic hydroxyl groups excluding tert-OH is 14. The monoisotopic (exact) mass is 1010 g/mol. The maximum absolute atomic E-state index is 15.1. The van der Waals surface area contributed by atoms with Crippen molar-refractivity contribution in [1.29, 1.82) is 0 Å². The fraction of sp³-hybridized carbons (Fsp3) is 0.583. The van der Waals surface area contributed by atoms with E-state index in [-0.39, 0.29) is 31.2 Å². The molecule has 4 aliphatic heterocycles. The van der Waals surface area contributed by atoms with E-state index in [2.05, 4.69) is 0 Å². The highest BCUT2D eigenvalue weighted by Gasteiger charge is 2.48. The third-order valence-corrected chi connectivity index (χ3v) is 13.2. The van der Waals surface area contributed by atoms with Crippen LogP contribution in [0.15, 0.2) is 60.7 Å². The SMILES string of the molecule is OCC1OC(CC=Cc2ccc(C=CCC3OC(CO)C(O)C(O)C3OOCC3OC(CC=Cc4ccc(C=CCC5OC(CO)C(O)C(O)C5O)c(Cl)c4)C(O)C(O)C3O)cc2F)C(O)C(O)C1O. The van der Waals surface area contributed by atoms with Crippen LogP contribution in [0.25, 0.3) is 24.3 Å². The standard InChI is InChI=1S/C48H64ClFO20/c49-27-17-23(13-15-25(27)7-3-10-29-37(54)44(61)40(57)33(19-51)66-29)5-1-9-31-39(56)46(63)43(60)36(68-31)22-65-70-48-32(69-35(21-53)42(59)47(48)64)12-2-6-24-14-16-26(28(50)18-24)8-4-11-30-38(55)45(62)41(58)34(20-52)67-30/h1-8,13-18,29-48,51-64H,9-12,19-22H2. The Kier molecular flexibility index (Phi) is 21.0. The minimum atomic E-state index is -1.65. The van der Waals surface area contributed by atoms with Gasteiger partial charge >= 0.3 is 0 Å². The van der Waals surface area contributed by atoms with Crippen LogP contribution in [-0.2, 0) is 28.7 Å². The molecule has 4 heterocycles. The first-order valence-electron chi connectivity index (χ1n) is 22.9. The summed E-state index contributed by atoms with van der Waals surface area (Å²) in [6.07, 6.45) is -13.4. The molecule has 22 heteroatoms. The molecule has 6 rings (SSSR count). The van der Waals surface area contributed by atoms with Gasteiger partial charge in [0.15, 0.2) is 0 Å². The first-order valence-corrected chi connectivity index (χ1v) is 23.3. The van der Waals surface area contributed by atoms with Crippen molar-refractivity contribution in [2.24, 2.45) is 0 Å². The highest BCUT2D eigenvalue weighted by Crippen LogP contribution is 2.30. The molecule has 20 unspecified atom stereocenters. The van der Waals surface area contributed by atoms with E-state index in [4.69, 9.17) is 40.3 Å². The average Bonchev–Trinajstić information content (AvgIpc) is 3.34. The van der Waals surface area contributed by atoms with Gasteiger partial charge in [-0.3, -0.25) is 0 Å². The Morgan fingerprint density at radius 1 is 0.443 bits per heavy atom. The van der Waals surface area contributed by atoms with Crippen molar-refractivity contribution in [3.8, 4) is 0 Å². The van der Waals surface area contributed by atoms with Crippen molar-refractivity contribution in [2.75, 3.05) is 26.4 Å². The summed E-state index contributed by atoms with van der Waals surface area (Å²) >= 11 is 6.51. The number of aliphatic hydroxyl groups is 14. The van der Waals surface area contributed by atoms with Gasteiger partial charge < -0.3 is 90.4 Å². The van der Waals surface area contributed by atoms with Gasteiger partial charge in [0.25, 0.3) is 0 Å².